The summed E-state index contributed by atoms with van der Waals surface area (Å²) in [5, 5.41) is 2.57. The Morgan fingerprint density at radius 3 is 2.19 bits per heavy atom. The van der Waals surface area contributed by atoms with Gasteiger partial charge in [0.1, 0.15) is 6.61 Å². The molecule has 0 unspecified atom stereocenters. The maximum Gasteiger partial charge on any atom is 0.509 e. The van der Waals surface area contributed by atoms with Crippen molar-refractivity contribution in [2.45, 2.75) is 19.4 Å². The van der Waals surface area contributed by atoms with Gasteiger partial charge in [-0.05, 0) is 63.4 Å². The SMILES string of the molecule is Cc1c(I)cc(CNC(=O)OCC2c3ccccc3-c3ccccc32)cc1[B-](F)(F)F. The van der Waals surface area contributed by atoms with Gasteiger partial charge in [0.15, 0.2) is 0 Å². The van der Waals surface area contributed by atoms with E-state index in [1.807, 2.05) is 71.1 Å². The third-order valence-electron chi connectivity index (χ3n) is 5.58. The maximum absolute atomic E-state index is 13.3. The highest BCUT2D eigenvalue weighted by atomic mass is 127. The van der Waals surface area contributed by atoms with E-state index in [-0.39, 0.29) is 24.6 Å². The summed E-state index contributed by atoms with van der Waals surface area (Å²) in [6, 6.07) is 18.8. The van der Waals surface area contributed by atoms with E-state index in [2.05, 4.69) is 5.32 Å². The van der Waals surface area contributed by atoms with E-state index in [0.29, 0.717) is 9.13 Å². The minimum atomic E-state index is -5.12. The molecule has 31 heavy (non-hydrogen) atoms. The summed E-state index contributed by atoms with van der Waals surface area (Å²) in [7, 11) is 0. The Morgan fingerprint density at radius 1 is 1.03 bits per heavy atom. The molecule has 4 rings (SSSR count). The Labute approximate surface area is 192 Å². The van der Waals surface area contributed by atoms with Gasteiger partial charge >= 0.3 is 13.1 Å². The summed E-state index contributed by atoms with van der Waals surface area (Å²) in [6.45, 7) is -3.55. The van der Waals surface area contributed by atoms with Crippen LogP contribution in [0.2, 0.25) is 0 Å². The molecule has 0 saturated carbocycles. The van der Waals surface area contributed by atoms with Gasteiger partial charge in [-0.2, -0.15) is 0 Å². The Kier molecular flexibility index (Phi) is 6.01. The van der Waals surface area contributed by atoms with Gasteiger partial charge in [0, 0.05) is 16.0 Å². The molecule has 0 radical (unpaired) electrons. The van der Waals surface area contributed by atoms with Gasteiger partial charge in [-0.1, -0.05) is 60.2 Å². The third-order valence-corrected chi connectivity index (χ3v) is 6.70. The number of amides is 1. The number of carbonyl (C=O) groups excluding carboxylic acids is 1. The second-order valence-electron chi connectivity index (χ2n) is 7.55. The van der Waals surface area contributed by atoms with Crippen molar-refractivity contribution in [3.63, 3.8) is 0 Å². The van der Waals surface area contributed by atoms with Crippen LogP contribution in [0.4, 0.5) is 17.7 Å². The highest BCUT2D eigenvalue weighted by Crippen LogP contribution is 2.44. The average molecular weight is 536 g/mol. The summed E-state index contributed by atoms with van der Waals surface area (Å²) >= 11 is 1.88. The van der Waals surface area contributed by atoms with Crippen LogP contribution in [-0.2, 0) is 11.3 Å². The first-order chi connectivity index (χ1) is 14.8. The van der Waals surface area contributed by atoms with Crippen LogP contribution in [0.5, 0.6) is 0 Å². The molecule has 0 fully saturated rings. The fourth-order valence-corrected chi connectivity index (χ4v) is 4.74. The van der Waals surface area contributed by atoms with Crippen molar-refractivity contribution in [2.24, 2.45) is 0 Å². The van der Waals surface area contributed by atoms with Crippen LogP contribution in [0.25, 0.3) is 11.1 Å². The van der Waals surface area contributed by atoms with Crippen LogP contribution in [-0.4, -0.2) is 19.7 Å². The standard InChI is InChI=1S/C23H19BF3INO2/c1-14-21(24(25,26)27)10-15(11-22(14)28)12-29-23(30)31-13-20-18-8-4-2-6-16(18)17-7-3-5-9-19(17)20/h2-11,20H,12-13H2,1H3,(H,29,30)/q-1. The molecule has 0 aliphatic heterocycles. The summed E-state index contributed by atoms with van der Waals surface area (Å²) in [4.78, 5) is 12.3. The lowest BCUT2D eigenvalue weighted by molar-refractivity contribution is 0.142. The molecule has 0 atom stereocenters. The van der Waals surface area contributed by atoms with Gasteiger partial charge in [-0.15, -0.1) is 5.46 Å². The topological polar surface area (TPSA) is 38.3 Å². The number of halogens is 4. The van der Waals surface area contributed by atoms with Crippen molar-refractivity contribution in [3.8, 4) is 11.1 Å². The Bertz CT molecular complexity index is 1100. The lowest BCUT2D eigenvalue weighted by Crippen LogP contribution is -2.37. The molecule has 0 heterocycles. The van der Waals surface area contributed by atoms with E-state index in [4.69, 9.17) is 4.74 Å². The van der Waals surface area contributed by atoms with Crippen LogP contribution < -0.4 is 10.8 Å². The van der Waals surface area contributed by atoms with Crippen LogP contribution in [0.15, 0.2) is 60.7 Å². The van der Waals surface area contributed by atoms with E-state index in [1.165, 1.54) is 6.92 Å². The summed E-state index contributed by atoms with van der Waals surface area (Å²) in [6.07, 6.45) is -0.656. The van der Waals surface area contributed by atoms with E-state index < -0.39 is 18.5 Å². The molecule has 0 aromatic heterocycles. The van der Waals surface area contributed by atoms with Gasteiger partial charge in [-0.25, -0.2) is 4.79 Å². The number of rotatable bonds is 5. The number of hydrogen-bond donors (Lipinski definition) is 1. The van der Waals surface area contributed by atoms with Crippen LogP contribution in [0.1, 0.15) is 28.2 Å². The second-order valence-corrected chi connectivity index (χ2v) is 8.71. The molecule has 1 N–H and O–H groups in total. The Hall–Kier alpha value is -2.49. The van der Waals surface area contributed by atoms with Crippen LogP contribution >= 0.6 is 22.6 Å². The van der Waals surface area contributed by atoms with Crippen molar-refractivity contribution in [3.05, 3.63) is 86.5 Å². The average Bonchev–Trinajstić information content (AvgIpc) is 3.06. The number of fused-ring (bicyclic) bond motifs is 3. The smallest absolute Gasteiger partial charge is 0.449 e. The molecule has 8 heteroatoms. The second kappa shape index (κ2) is 8.57. The normalized spacial score (nSPS) is 12.9. The molecule has 0 spiro atoms. The fourth-order valence-electron chi connectivity index (χ4n) is 4.02. The van der Waals surface area contributed by atoms with Gasteiger partial charge in [0.25, 0.3) is 0 Å². The van der Waals surface area contributed by atoms with Crippen molar-refractivity contribution in [1.29, 1.82) is 0 Å². The number of carbonyl (C=O) groups is 1. The predicted octanol–water partition coefficient (Wildman–Crippen LogP) is 5.69. The van der Waals surface area contributed by atoms with E-state index in [0.717, 1.165) is 28.3 Å². The van der Waals surface area contributed by atoms with Gasteiger partial charge < -0.3 is 23.0 Å². The van der Waals surface area contributed by atoms with E-state index >= 15 is 0 Å². The molecular formula is C23H19BF3INO2-. The molecule has 3 nitrogen and oxygen atoms in total. The van der Waals surface area contributed by atoms with E-state index in [9.17, 15) is 17.7 Å². The molecule has 3 aromatic carbocycles. The quantitative estimate of drug-likeness (QED) is 0.336. The summed E-state index contributed by atoms with van der Waals surface area (Å²) in [5.74, 6) is -0.0713. The first-order valence-electron chi connectivity index (χ1n) is 9.83. The first kappa shape index (κ1) is 21.7. The zero-order chi connectivity index (χ0) is 22.2. The minimum absolute atomic E-state index is 0.0356. The van der Waals surface area contributed by atoms with Crippen LogP contribution in [0.3, 0.4) is 0 Å². The largest absolute Gasteiger partial charge is 0.509 e. The van der Waals surface area contributed by atoms with E-state index in [1.54, 1.807) is 6.07 Å². The molecule has 1 amide bonds. The minimum Gasteiger partial charge on any atom is -0.449 e. The number of ether oxygens (including phenoxy) is 1. The highest BCUT2D eigenvalue weighted by molar-refractivity contribution is 14.1. The van der Waals surface area contributed by atoms with Gasteiger partial charge in [0.05, 0.1) is 0 Å². The third kappa shape index (κ3) is 4.44. The lowest BCUT2D eigenvalue weighted by atomic mass is 9.76. The Balaban J connectivity index is 1.43. The number of benzene rings is 3. The molecule has 0 saturated heterocycles. The molecule has 1 aliphatic carbocycles. The predicted molar refractivity (Wildman–Crippen MR) is 125 cm³/mol. The van der Waals surface area contributed by atoms with Crippen LogP contribution in [0, 0.1) is 10.5 Å². The van der Waals surface area contributed by atoms with Crippen molar-refractivity contribution >= 4 is 41.1 Å². The zero-order valence-corrected chi connectivity index (χ0v) is 18.8. The molecule has 160 valence electrons. The van der Waals surface area contributed by atoms with Gasteiger partial charge in [-0.3, -0.25) is 0 Å². The molecule has 0 bridgehead atoms. The Morgan fingerprint density at radius 2 is 1.61 bits per heavy atom. The maximum atomic E-state index is 13.3. The monoisotopic (exact) mass is 536 g/mol. The fraction of sp³-hybridized carbons (Fsp3) is 0.174. The lowest BCUT2D eigenvalue weighted by Gasteiger charge is -2.20. The highest BCUT2D eigenvalue weighted by Gasteiger charge is 2.30. The number of nitrogens with one attached hydrogen (secondary N) is 1. The van der Waals surface area contributed by atoms with Crippen molar-refractivity contribution < 1.29 is 22.5 Å². The first-order valence-corrected chi connectivity index (χ1v) is 10.9. The zero-order valence-electron chi connectivity index (χ0n) is 16.7. The molecule has 1 aliphatic rings. The number of hydrogen-bond acceptors (Lipinski definition) is 2. The summed E-state index contributed by atoms with van der Waals surface area (Å²) < 4.78 is 45.8. The summed E-state index contributed by atoms with van der Waals surface area (Å²) in [5.41, 5.74) is 4.42. The molecular weight excluding hydrogens is 517 g/mol. The van der Waals surface area contributed by atoms with Crippen molar-refractivity contribution in [1.82, 2.24) is 5.32 Å². The molecule has 3 aromatic rings. The number of alkyl carbamates (subject to hydrolysis) is 1. The van der Waals surface area contributed by atoms with Crippen molar-refractivity contribution in [2.75, 3.05) is 6.61 Å². The van der Waals surface area contributed by atoms with Gasteiger partial charge in [0.2, 0.25) is 0 Å².